The second-order valence-corrected chi connectivity index (χ2v) is 36.0. The van der Waals surface area contributed by atoms with E-state index in [-0.39, 0.29) is 10.8 Å². The summed E-state index contributed by atoms with van der Waals surface area (Å²) in [7, 11) is 0. The summed E-state index contributed by atoms with van der Waals surface area (Å²) in [5.41, 5.74) is 38.7. The Bertz CT molecular complexity index is 6990. The van der Waals surface area contributed by atoms with Crippen LogP contribution in [-0.4, -0.2) is 56.4 Å². The number of benzene rings is 12. The highest BCUT2D eigenvalue weighted by atomic mass is 15.5. The minimum Gasteiger partial charge on any atom is -0.311 e. The van der Waals surface area contributed by atoms with Crippen LogP contribution in [0.15, 0.2) is 358 Å². The maximum Gasteiger partial charge on any atom is 0.122 e. The van der Waals surface area contributed by atoms with Crippen LogP contribution in [0.2, 0.25) is 0 Å². The number of hydrogen-bond donors (Lipinski definition) is 2. The lowest BCUT2D eigenvalue weighted by molar-refractivity contribution is 0.401. The van der Waals surface area contributed by atoms with E-state index in [4.69, 9.17) is 25.5 Å². The van der Waals surface area contributed by atoms with Crippen LogP contribution in [0.5, 0.6) is 0 Å². The van der Waals surface area contributed by atoms with E-state index in [1.165, 1.54) is 83.0 Å². The second-order valence-electron chi connectivity index (χ2n) is 36.0. The van der Waals surface area contributed by atoms with E-state index in [9.17, 15) is 5.41 Å². The third kappa shape index (κ3) is 17.1. The molecule has 14 nitrogen and oxygen atoms in total. The Morgan fingerprint density at radius 2 is 0.571 bits per heavy atom. The molecule has 0 spiro atoms. The number of nitrogens with one attached hydrogen (secondary N) is 2. The first-order valence-electron chi connectivity index (χ1n) is 48.2. The van der Waals surface area contributed by atoms with E-state index >= 15 is 0 Å². The van der Waals surface area contributed by atoms with E-state index in [0.717, 1.165) is 230 Å². The van der Waals surface area contributed by atoms with Crippen molar-refractivity contribution in [2.75, 3.05) is 15.2 Å². The number of fused-ring (bicyclic) bond motifs is 8. The first-order valence-corrected chi connectivity index (χ1v) is 48.2. The number of hydrazone groups is 1. The van der Waals surface area contributed by atoms with Crippen LogP contribution >= 0.6 is 0 Å². The number of rotatable bonds is 36. The molecule has 3 aliphatic carbocycles. The van der Waals surface area contributed by atoms with Crippen molar-refractivity contribution in [2.45, 2.75) is 167 Å². The summed E-state index contributed by atoms with van der Waals surface area (Å²) in [4.78, 5) is 21.4. The second kappa shape index (κ2) is 39.0. The summed E-state index contributed by atoms with van der Waals surface area (Å²) in [6.45, 7) is 9.28. The zero-order valence-electron chi connectivity index (χ0n) is 76.5. The fraction of sp³-hybridized carbons (Fsp3) is 0.218. The van der Waals surface area contributed by atoms with Crippen LogP contribution in [0.1, 0.15) is 189 Å². The van der Waals surface area contributed by atoms with Gasteiger partial charge in [-0.25, -0.2) is 0 Å². The molecule has 5 heterocycles. The zero-order chi connectivity index (χ0) is 90.0. The van der Waals surface area contributed by atoms with Crippen molar-refractivity contribution in [3.05, 3.63) is 386 Å². The van der Waals surface area contributed by atoms with Crippen LogP contribution in [0.25, 0.3) is 111 Å². The van der Waals surface area contributed by atoms with Crippen molar-refractivity contribution in [1.82, 2.24) is 44.9 Å². The minimum absolute atomic E-state index is 0.300. The van der Waals surface area contributed by atoms with E-state index in [1.54, 1.807) is 17.2 Å². The molecule has 0 aliphatic heterocycles. The molecule has 20 rings (SSSR count). The Balaban J connectivity index is 0.688. The number of para-hydroxylation sites is 4. The Labute approximate surface area is 781 Å². The number of aromatic nitrogens is 9. The molecule has 0 fully saturated rings. The van der Waals surface area contributed by atoms with Gasteiger partial charge in [-0.05, 0) is 237 Å². The SMILES string of the molecule is CCCCCCC1(CCCCCC)c2cc(C3=CC=C(c4ccc(N(c5ccccc5)c5ccccc5)cc4)C(=N)C3=NNc3ccncc3)ccc2-c2ccc(-c3ccc(-c4ccc5c(c4)C(CCCCCC)(CCCCCC)c4cc(-c6ccc(-c7ccc(N(c8ccccc8)c8ccccc8)cc7)c7nn(-c8ccncc8)nc67)ccc4-5)c4nn(-c5ccncc5)nc34)cc21. The molecule has 0 atom stereocenters. The predicted octanol–water partition coefficient (Wildman–Crippen LogP) is 31.3. The van der Waals surface area contributed by atoms with Gasteiger partial charge >= 0.3 is 0 Å². The maximum absolute atomic E-state index is 10.3. The summed E-state index contributed by atoms with van der Waals surface area (Å²) in [5, 5.41) is 37.6. The van der Waals surface area contributed by atoms with Gasteiger partial charge in [0.1, 0.15) is 27.8 Å². The van der Waals surface area contributed by atoms with Gasteiger partial charge in [0, 0.05) is 116 Å². The van der Waals surface area contributed by atoms with Gasteiger partial charge in [0.25, 0.3) is 0 Å². The lowest BCUT2D eigenvalue weighted by Crippen LogP contribution is -2.26. The van der Waals surface area contributed by atoms with Crippen molar-refractivity contribution in [3.63, 3.8) is 0 Å². The van der Waals surface area contributed by atoms with Crippen molar-refractivity contribution in [1.29, 1.82) is 5.41 Å². The number of unbranched alkanes of at least 4 members (excludes halogenated alkanes) is 12. The van der Waals surface area contributed by atoms with Gasteiger partial charge in [0.15, 0.2) is 0 Å². The maximum atomic E-state index is 10.3. The van der Waals surface area contributed by atoms with Gasteiger partial charge in [0.2, 0.25) is 0 Å². The van der Waals surface area contributed by atoms with Crippen molar-refractivity contribution in [3.8, 4) is 78.1 Å². The number of anilines is 7. The normalized spacial score (nSPS) is 13.7. The monoisotopic (exact) mass is 1740 g/mol. The molecule has 0 bridgehead atoms. The van der Waals surface area contributed by atoms with Gasteiger partial charge in [-0.3, -0.25) is 25.8 Å². The van der Waals surface area contributed by atoms with E-state index in [2.05, 4.69) is 337 Å². The molecular weight excluding hydrogens is 1630 g/mol. The Morgan fingerprint density at radius 1 is 0.286 bits per heavy atom. The van der Waals surface area contributed by atoms with Crippen LogP contribution < -0.4 is 15.2 Å². The highest BCUT2D eigenvalue weighted by Crippen LogP contribution is 2.59. The molecule has 17 aromatic rings. The first-order chi connectivity index (χ1) is 65.7. The van der Waals surface area contributed by atoms with Gasteiger partial charge in [-0.2, -0.15) is 14.7 Å². The largest absolute Gasteiger partial charge is 0.311 e. The quantitative estimate of drug-likeness (QED) is 0.0220. The van der Waals surface area contributed by atoms with Gasteiger partial charge in [0.05, 0.1) is 22.8 Å². The van der Waals surface area contributed by atoms with Crippen molar-refractivity contribution < 1.29 is 0 Å². The lowest BCUT2D eigenvalue weighted by Gasteiger charge is -2.34. The van der Waals surface area contributed by atoms with Crippen LogP contribution in [0, 0.1) is 5.41 Å². The molecule has 5 aromatic heterocycles. The predicted molar refractivity (Wildman–Crippen MR) is 551 cm³/mol. The average Bonchev–Trinajstić information content (AvgIpc) is 1.52. The summed E-state index contributed by atoms with van der Waals surface area (Å²) >= 11 is 0. The molecule has 0 saturated carbocycles. The number of nitrogens with zero attached hydrogens (tertiary/aromatic N) is 12. The molecular formula is C119H112N14. The molecule has 3 aliphatic rings. The third-order valence-electron chi connectivity index (χ3n) is 27.7. The van der Waals surface area contributed by atoms with Crippen molar-refractivity contribution >= 4 is 84.4 Å². The number of pyridine rings is 3. The standard InChI is InChI=1S/C119H112N14/c1-5-9-13-29-69-118(70-30-14-10-6-2)108-79-85(100-58-57-98(112(120)113(100)125-124-89-63-73-121-74-64-89)83-41-49-94(50-42-83)130(90-33-21-17-22-34-90)91-35-23-18-24-36-91)45-53-104(108)105-55-47-87(81-109(105)118)102-61-62-103(117-116(102)128-133(129-117)97-67-77-123-78-68-97)88-48-56-107-106-54-46-86(80-110(106)119(111(107)82-88,71-31-15-11-7-3)72-32-16-12-8-4)101-60-59-99(114-115(101)127-132(126-114)96-65-75-122-76-66-96)84-43-51-95(52-44-84)131(92-37-25-19-26-38-92)93-39-27-20-28-40-93/h17-28,33-68,73-82,120H,5-16,29-32,69-72H2,1-4H3,(H,121,124). The molecule has 133 heavy (non-hydrogen) atoms. The van der Waals surface area contributed by atoms with Crippen LogP contribution in [0.4, 0.5) is 39.8 Å². The molecule has 658 valence electrons. The third-order valence-corrected chi connectivity index (χ3v) is 27.7. The van der Waals surface area contributed by atoms with E-state index in [1.807, 2.05) is 66.0 Å². The fourth-order valence-electron chi connectivity index (χ4n) is 21.0. The van der Waals surface area contributed by atoms with Gasteiger partial charge in [-0.1, -0.05) is 312 Å². The Hall–Kier alpha value is -14.9. The highest BCUT2D eigenvalue weighted by Gasteiger charge is 2.45. The van der Waals surface area contributed by atoms with Crippen LogP contribution in [-0.2, 0) is 10.8 Å². The molecule has 0 saturated heterocycles. The average molecular weight is 1740 g/mol. The molecule has 0 amide bonds. The lowest BCUT2D eigenvalue weighted by atomic mass is 9.69. The molecule has 0 unspecified atom stereocenters. The minimum atomic E-state index is -0.332. The van der Waals surface area contributed by atoms with Gasteiger partial charge < -0.3 is 9.80 Å². The summed E-state index contributed by atoms with van der Waals surface area (Å²) < 4.78 is 0. The summed E-state index contributed by atoms with van der Waals surface area (Å²) in [6, 6.07) is 110. The number of hydrogen-bond acceptors (Lipinski definition) is 12. The van der Waals surface area contributed by atoms with E-state index < -0.39 is 0 Å². The summed E-state index contributed by atoms with van der Waals surface area (Å²) in [5.74, 6) is 0. The molecule has 12 aromatic carbocycles. The molecule has 14 heteroatoms. The van der Waals surface area contributed by atoms with Gasteiger partial charge in [-0.15, -0.1) is 20.4 Å². The molecule has 2 N–H and O–H groups in total. The fourth-order valence-corrected chi connectivity index (χ4v) is 21.0. The van der Waals surface area contributed by atoms with E-state index in [0.29, 0.717) is 11.4 Å². The smallest absolute Gasteiger partial charge is 0.122 e. The molecule has 0 radical (unpaired) electrons. The van der Waals surface area contributed by atoms with Crippen LogP contribution in [0.3, 0.4) is 0 Å². The first kappa shape index (κ1) is 86.2. The number of allylic oxidation sites excluding steroid dienone is 4. The Morgan fingerprint density at radius 3 is 0.917 bits per heavy atom. The zero-order valence-corrected chi connectivity index (χ0v) is 76.5. The van der Waals surface area contributed by atoms with Crippen molar-refractivity contribution in [2.24, 2.45) is 5.10 Å². The summed E-state index contributed by atoms with van der Waals surface area (Å²) in [6.07, 6.45) is 37.6. The topological polar surface area (TPSA) is 155 Å². The Kier molecular flexibility index (Phi) is 25.3. The highest BCUT2D eigenvalue weighted by molar-refractivity contribution is 6.69.